The summed E-state index contributed by atoms with van der Waals surface area (Å²) < 4.78 is 10.8. The molecular formula is C18H21N3O3. The molecule has 2 heterocycles. The van der Waals surface area contributed by atoms with Gasteiger partial charge in [0.15, 0.2) is 0 Å². The van der Waals surface area contributed by atoms with E-state index in [0.717, 1.165) is 24.4 Å². The van der Waals surface area contributed by atoms with Gasteiger partial charge in [-0.25, -0.2) is 0 Å². The number of amides is 1. The van der Waals surface area contributed by atoms with E-state index in [-0.39, 0.29) is 18.4 Å². The molecule has 0 radical (unpaired) electrons. The van der Waals surface area contributed by atoms with E-state index in [1.54, 1.807) is 19.5 Å². The summed E-state index contributed by atoms with van der Waals surface area (Å²) in [7, 11) is 0. The largest absolute Gasteiger partial charge is 0.468 e. The van der Waals surface area contributed by atoms with Crippen LogP contribution in [0.25, 0.3) is 0 Å². The zero-order valence-electron chi connectivity index (χ0n) is 13.7. The van der Waals surface area contributed by atoms with Gasteiger partial charge < -0.3 is 14.2 Å². The normalized spacial score (nSPS) is 16.5. The highest BCUT2D eigenvalue weighted by atomic mass is 16.3. The average molecular weight is 327 g/mol. The van der Waals surface area contributed by atoms with Gasteiger partial charge in [0.05, 0.1) is 38.2 Å². The molecule has 126 valence electrons. The van der Waals surface area contributed by atoms with E-state index in [4.69, 9.17) is 8.83 Å². The van der Waals surface area contributed by atoms with Crippen LogP contribution in [0.3, 0.4) is 0 Å². The van der Waals surface area contributed by atoms with Crippen LogP contribution in [0.5, 0.6) is 0 Å². The predicted molar refractivity (Wildman–Crippen MR) is 86.4 cm³/mol. The number of nitriles is 1. The topological polar surface area (TPSA) is 82.4 Å². The van der Waals surface area contributed by atoms with Crippen LogP contribution in [-0.2, 0) is 17.9 Å². The third-order valence-electron chi connectivity index (χ3n) is 4.31. The maximum Gasteiger partial charge on any atom is 0.235 e. The number of nitrogens with zero attached hydrogens (tertiary/aromatic N) is 2. The number of carbonyl (C=O) groups excluding carboxylic acids is 1. The lowest BCUT2D eigenvalue weighted by Gasteiger charge is -2.25. The molecule has 0 bridgehead atoms. The van der Waals surface area contributed by atoms with Gasteiger partial charge in [-0.2, -0.15) is 5.26 Å². The van der Waals surface area contributed by atoms with Crippen LogP contribution in [0, 0.1) is 17.2 Å². The minimum Gasteiger partial charge on any atom is -0.468 e. The number of nitrogens with one attached hydrogen (secondary N) is 1. The van der Waals surface area contributed by atoms with E-state index in [1.807, 2.05) is 29.2 Å². The van der Waals surface area contributed by atoms with E-state index >= 15 is 0 Å². The third kappa shape index (κ3) is 4.06. The van der Waals surface area contributed by atoms with E-state index in [2.05, 4.69) is 11.4 Å². The quantitative estimate of drug-likeness (QED) is 0.806. The van der Waals surface area contributed by atoms with Crippen molar-refractivity contribution < 1.29 is 13.6 Å². The van der Waals surface area contributed by atoms with Crippen LogP contribution in [0.4, 0.5) is 0 Å². The van der Waals surface area contributed by atoms with Crippen molar-refractivity contribution in [2.24, 2.45) is 5.92 Å². The minimum absolute atomic E-state index is 0.163. The van der Waals surface area contributed by atoms with Crippen LogP contribution in [0.15, 0.2) is 45.6 Å². The molecule has 0 saturated heterocycles. The van der Waals surface area contributed by atoms with Gasteiger partial charge in [0.25, 0.3) is 0 Å². The standard InChI is InChI=1S/C18H21N3O3/c1-18(13-19,14-6-7-14)20-17(22)12-21(10-15-4-2-8-23-15)11-16-5-3-9-24-16/h2-5,8-9,14H,6-7,10-12H2,1H3,(H,20,22)/t18-/m1/s1. The van der Waals surface area contributed by atoms with Gasteiger partial charge in [0.2, 0.25) is 5.91 Å². The van der Waals surface area contributed by atoms with Crippen molar-refractivity contribution in [3.63, 3.8) is 0 Å². The number of hydrogen-bond donors (Lipinski definition) is 1. The third-order valence-corrected chi connectivity index (χ3v) is 4.31. The highest BCUT2D eigenvalue weighted by Gasteiger charge is 2.43. The Labute approximate surface area is 141 Å². The Balaban J connectivity index is 1.64. The molecule has 0 spiro atoms. The summed E-state index contributed by atoms with van der Waals surface area (Å²) in [6.45, 7) is 2.96. The van der Waals surface area contributed by atoms with Crippen molar-refractivity contribution in [3.05, 3.63) is 48.3 Å². The molecule has 2 aromatic rings. The molecule has 1 aliphatic carbocycles. The lowest BCUT2D eigenvalue weighted by Crippen LogP contribution is -2.50. The molecule has 1 fully saturated rings. The first-order valence-electron chi connectivity index (χ1n) is 8.08. The number of hydrogen-bond acceptors (Lipinski definition) is 5. The van der Waals surface area contributed by atoms with Crippen LogP contribution in [-0.4, -0.2) is 22.9 Å². The maximum atomic E-state index is 12.5. The molecule has 1 atom stereocenters. The summed E-state index contributed by atoms with van der Waals surface area (Å²) in [5.74, 6) is 1.65. The Morgan fingerprint density at radius 3 is 2.29 bits per heavy atom. The average Bonchev–Trinajstić information content (AvgIpc) is 3.07. The molecule has 2 aromatic heterocycles. The van der Waals surface area contributed by atoms with Crippen molar-refractivity contribution in [2.75, 3.05) is 6.54 Å². The van der Waals surface area contributed by atoms with Gasteiger partial charge in [-0.15, -0.1) is 0 Å². The monoisotopic (exact) mass is 327 g/mol. The molecule has 6 nitrogen and oxygen atoms in total. The van der Waals surface area contributed by atoms with Gasteiger partial charge in [-0.1, -0.05) is 0 Å². The minimum atomic E-state index is -0.780. The fourth-order valence-corrected chi connectivity index (χ4v) is 2.83. The molecule has 0 aliphatic heterocycles. The maximum absolute atomic E-state index is 12.5. The number of rotatable bonds is 8. The molecule has 0 unspecified atom stereocenters. The summed E-state index contributed by atoms with van der Waals surface area (Å²) in [4.78, 5) is 14.4. The van der Waals surface area contributed by atoms with E-state index in [1.165, 1.54) is 0 Å². The molecule has 1 amide bonds. The first-order chi connectivity index (χ1) is 11.6. The van der Waals surface area contributed by atoms with Crippen LogP contribution >= 0.6 is 0 Å². The molecule has 1 aliphatic rings. The summed E-state index contributed by atoms with van der Waals surface area (Å²) in [5, 5.41) is 12.3. The zero-order valence-corrected chi connectivity index (χ0v) is 13.7. The SMILES string of the molecule is C[C@](C#N)(NC(=O)CN(Cc1ccco1)Cc1ccco1)C1CC1. The number of carbonyl (C=O) groups is 1. The molecule has 1 saturated carbocycles. The second-order valence-electron chi connectivity index (χ2n) is 6.44. The Morgan fingerprint density at radius 2 is 1.88 bits per heavy atom. The van der Waals surface area contributed by atoms with E-state index in [9.17, 15) is 10.1 Å². The molecule has 24 heavy (non-hydrogen) atoms. The van der Waals surface area contributed by atoms with Crippen molar-refractivity contribution >= 4 is 5.91 Å². The smallest absolute Gasteiger partial charge is 0.235 e. The lowest BCUT2D eigenvalue weighted by atomic mass is 9.98. The Morgan fingerprint density at radius 1 is 1.29 bits per heavy atom. The Kier molecular flexibility index (Phi) is 4.72. The van der Waals surface area contributed by atoms with E-state index < -0.39 is 5.54 Å². The second kappa shape index (κ2) is 6.93. The van der Waals surface area contributed by atoms with Crippen LogP contribution < -0.4 is 5.32 Å². The molecule has 1 N–H and O–H groups in total. The zero-order chi connectivity index (χ0) is 17.0. The fraction of sp³-hybridized carbons (Fsp3) is 0.444. The van der Waals surface area contributed by atoms with Crippen molar-refractivity contribution in [3.8, 4) is 6.07 Å². The Hall–Kier alpha value is -2.52. The number of furan rings is 2. The fourth-order valence-electron chi connectivity index (χ4n) is 2.83. The highest BCUT2D eigenvalue weighted by molar-refractivity contribution is 5.79. The summed E-state index contributed by atoms with van der Waals surface area (Å²) in [6.07, 6.45) is 5.21. The first kappa shape index (κ1) is 16.3. The molecule has 6 heteroatoms. The molecular weight excluding hydrogens is 306 g/mol. The van der Waals surface area contributed by atoms with Gasteiger partial charge in [-0.3, -0.25) is 9.69 Å². The van der Waals surface area contributed by atoms with Gasteiger partial charge in [0, 0.05) is 0 Å². The van der Waals surface area contributed by atoms with Crippen LogP contribution in [0.1, 0.15) is 31.3 Å². The van der Waals surface area contributed by atoms with Crippen molar-refractivity contribution in [1.82, 2.24) is 10.2 Å². The van der Waals surface area contributed by atoms with Gasteiger partial charge >= 0.3 is 0 Å². The van der Waals surface area contributed by atoms with Crippen molar-refractivity contribution in [2.45, 2.75) is 38.4 Å². The highest BCUT2D eigenvalue weighted by Crippen LogP contribution is 2.39. The summed E-state index contributed by atoms with van der Waals surface area (Å²) in [6, 6.07) is 9.63. The summed E-state index contributed by atoms with van der Waals surface area (Å²) >= 11 is 0. The lowest BCUT2D eigenvalue weighted by molar-refractivity contribution is -0.124. The predicted octanol–water partition coefficient (Wildman–Crippen LogP) is 2.68. The second-order valence-corrected chi connectivity index (χ2v) is 6.44. The molecule has 3 rings (SSSR count). The Bertz CT molecular complexity index is 662. The van der Waals surface area contributed by atoms with Gasteiger partial charge in [0.1, 0.15) is 17.1 Å². The van der Waals surface area contributed by atoms with E-state index in [0.29, 0.717) is 13.1 Å². The van der Waals surface area contributed by atoms with Crippen molar-refractivity contribution in [1.29, 1.82) is 5.26 Å². The van der Waals surface area contributed by atoms with Gasteiger partial charge in [-0.05, 0) is 49.9 Å². The summed E-state index contributed by atoms with van der Waals surface area (Å²) in [5.41, 5.74) is -0.780. The molecule has 0 aromatic carbocycles. The van der Waals surface area contributed by atoms with Crippen LogP contribution in [0.2, 0.25) is 0 Å². The first-order valence-corrected chi connectivity index (χ1v) is 8.08.